The van der Waals surface area contributed by atoms with Gasteiger partial charge >= 0.3 is 0 Å². The number of hydrogen-bond donors (Lipinski definition) is 0. The minimum Gasteiger partial charge on any atom is -0.337 e. The van der Waals surface area contributed by atoms with Crippen molar-refractivity contribution in [3.8, 4) is 0 Å². The Kier molecular flexibility index (Phi) is 4.96. The second-order valence-corrected chi connectivity index (χ2v) is 7.78. The monoisotopic (exact) mass is 373 g/mol. The van der Waals surface area contributed by atoms with Gasteiger partial charge in [-0.2, -0.15) is 0 Å². The number of thiophene rings is 1. The first-order valence-corrected chi connectivity index (χ1v) is 9.79. The predicted molar refractivity (Wildman–Crippen MR) is 104 cm³/mol. The summed E-state index contributed by atoms with van der Waals surface area (Å²) in [6, 6.07) is 8.17. The molecule has 0 radical (unpaired) electrons. The summed E-state index contributed by atoms with van der Waals surface area (Å²) in [7, 11) is 3.44. The van der Waals surface area contributed by atoms with Crippen molar-refractivity contribution in [2.24, 2.45) is 7.05 Å². The minimum absolute atomic E-state index is 0.0866. The molecular formula is C18H19N3O2S2. The Labute approximate surface area is 154 Å². The molecule has 25 heavy (non-hydrogen) atoms. The van der Waals surface area contributed by atoms with E-state index in [0.717, 1.165) is 5.56 Å². The van der Waals surface area contributed by atoms with Crippen LogP contribution >= 0.6 is 23.1 Å². The van der Waals surface area contributed by atoms with Crippen LogP contribution in [0.5, 0.6) is 0 Å². The Bertz CT molecular complexity index is 990. The summed E-state index contributed by atoms with van der Waals surface area (Å²) in [6.07, 6.45) is 3.53. The van der Waals surface area contributed by atoms with Gasteiger partial charge in [0.2, 0.25) is 0 Å². The fourth-order valence-electron chi connectivity index (χ4n) is 2.66. The highest BCUT2D eigenvalue weighted by Crippen LogP contribution is 2.28. The molecule has 1 aromatic carbocycles. The van der Waals surface area contributed by atoms with Crippen molar-refractivity contribution in [1.82, 2.24) is 14.5 Å². The predicted octanol–water partition coefficient (Wildman–Crippen LogP) is 3.30. The number of carbonyl (C=O) groups is 1. The van der Waals surface area contributed by atoms with Crippen molar-refractivity contribution < 1.29 is 4.79 Å². The summed E-state index contributed by atoms with van der Waals surface area (Å²) < 4.78 is 1.44. The Morgan fingerprint density at radius 1 is 1.32 bits per heavy atom. The third-order valence-corrected chi connectivity index (χ3v) is 6.06. The van der Waals surface area contributed by atoms with Crippen molar-refractivity contribution in [3.05, 3.63) is 57.0 Å². The maximum Gasteiger partial charge on any atom is 0.264 e. The molecule has 2 aromatic heterocycles. The van der Waals surface area contributed by atoms with E-state index in [-0.39, 0.29) is 11.5 Å². The lowest BCUT2D eigenvalue weighted by Gasteiger charge is -2.17. The largest absolute Gasteiger partial charge is 0.337 e. The molecule has 0 bridgehead atoms. The van der Waals surface area contributed by atoms with Gasteiger partial charge in [-0.1, -0.05) is 12.1 Å². The van der Waals surface area contributed by atoms with Gasteiger partial charge in [-0.15, -0.1) is 23.1 Å². The molecule has 130 valence electrons. The normalized spacial score (nSPS) is 11.0. The molecule has 3 rings (SSSR count). The smallest absolute Gasteiger partial charge is 0.264 e. The number of aromatic nitrogens is 2. The number of hydrogen-bond acceptors (Lipinski definition) is 5. The number of rotatable bonds is 4. The highest BCUT2D eigenvalue weighted by molar-refractivity contribution is 7.98. The highest BCUT2D eigenvalue weighted by atomic mass is 32.2. The summed E-state index contributed by atoms with van der Waals surface area (Å²) in [6.45, 7) is 2.34. The molecule has 1 amide bonds. The maximum absolute atomic E-state index is 12.9. The molecule has 0 saturated carbocycles. The average Bonchev–Trinajstić information content (AvgIpc) is 2.95. The van der Waals surface area contributed by atoms with E-state index < -0.39 is 0 Å². The number of aryl methyl sites for hydroxylation is 2. The first kappa shape index (κ1) is 17.7. The summed E-state index contributed by atoms with van der Waals surface area (Å²) in [5, 5.41) is 0.538. The Balaban J connectivity index is 1.89. The van der Waals surface area contributed by atoms with Crippen LogP contribution in [0.3, 0.4) is 0 Å². The Morgan fingerprint density at radius 2 is 2.00 bits per heavy atom. The standard InChI is InChI=1S/C18H19N3O2S2/c1-11-14-16(19-10-21(3)17(14)22)25-15(11)18(23)20(2)9-12-5-7-13(24-4)8-6-12/h5-8,10H,9H2,1-4H3. The number of fused-ring (bicyclic) bond motifs is 1. The lowest BCUT2D eigenvalue weighted by atomic mass is 10.2. The number of amides is 1. The van der Waals surface area contributed by atoms with Crippen LogP contribution in [0, 0.1) is 6.92 Å². The first-order chi connectivity index (χ1) is 11.9. The Hall–Kier alpha value is -2.12. The fraction of sp³-hybridized carbons (Fsp3) is 0.278. The third kappa shape index (κ3) is 3.34. The SMILES string of the molecule is CSc1ccc(CN(C)C(=O)c2sc3ncn(C)c(=O)c3c2C)cc1. The number of thioether (sulfide) groups is 1. The van der Waals surface area contributed by atoms with Crippen LogP contribution in [0.2, 0.25) is 0 Å². The minimum atomic E-state index is -0.117. The third-order valence-electron chi connectivity index (χ3n) is 4.13. The molecular weight excluding hydrogens is 354 g/mol. The zero-order chi connectivity index (χ0) is 18.1. The second kappa shape index (κ2) is 7.01. The molecule has 0 aliphatic heterocycles. The van der Waals surface area contributed by atoms with Gasteiger partial charge in [0.05, 0.1) is 16.6 Å². The zero-order valence-electron chi connectivity index (χ0n) is 14.6. The summed E-state index contributed by atoms with van der Waals surface area (Å²) in [5.41, 5.74) is 1.66. The van der Waals surface area contributed by atoms with Gasteiger partial charge in [0, 0.05) is 25.5 Å². The number of carbonyl (C=O) groups excluding carboxylic acids is 1. The van der Waals surface area contributed by atoms with E-state index in [1.807, 2.05) is 25.3 Å². The molecule has 5 nitrogen and oxygen atoms in total. The van der Waals surface area contributed by atoms with E-state index in [9.17, 15) is 9.59 Å². The molecule has 0 spiro atoms. The lowest BCUT2D eigenvalue weighted by Crippen LogP contribution is -2.26. The second-order valence-electron chi connectivity index (χ2n) is 5.91. The molecule has 0 N–H and O–H groups in total. The van der Waals surface area contributed by atoms with Gasteiger partial charge in [-0.05, 0) is 36.4 Å². The van der Waals surface area contributed by atoms with Gasteiger partial charge in [-0.3, -0.25) is 9.59 Å². The lowest BCUT2D eigenvalue weighted by molar-refractivity contribution is 0.0789. The van der Waals surface area contributed by atoms with Crippen molar-refractivity contribution in [2.45, 2.75) is 18.4 Å². The van der Waals surface area contributed by atoms with Crippen LogP contribution in [0.15, 0.2) is 40.3 Å². The molecule has 3 aromatic rings. The summed E-state index contributed by atoms with van der Waals surface area (Å²) >= 11 is 2.97. The number of nitrogens with zero attached hydrogens (tertiary/aromatic N) is 3. The van der Waals surface area contributed by atoms with Gasteiger partial charge in [-0.25, -0.2) is 4.98 Å². The van der Waals surface area contributed by atoms with E-state index in [0.29, 0.717) is 27.2 Å². The van der Waals surface area contributed by atoms with Crippen molar-refractivity contribution in [2.75, 3.05) is 13.3 Å². The van der Waals surface area contributed by atoms with Crippen LogP contribution in [0.4, 0.5) is 0 Å². The van der Waals surface area contributed by atoms with Crippen LogP contribution in [0.1, 0.15) is 20.8 Å². The van der Waals surface area contributed by atoms with Crippen molar-refractivity contribution in [3.63, 3.8) is 0 Å². The van der Waals surface area contributed by atoms with Crippen LogP contribution in [0.25, 0.3) is 10.2 Å². The van der Waals surface area contributed by atoms with E-state index >= 15 is 0 Å². The molecule has 7 heteroatoms. The zero-order valence-corrected chi connectivity index (χ0v) is 16.2. The van der Waals surface area contributed by atoms with E-state index in [2.05, 4.69) is 17.1 Å². The average molecular weight is 374 g/mol. The number of benzene rings is 1. The molecule has 2 heterocycles. The molecule has 0 saturated heterocycles. The molecule has 0 fully saturated rings. The van der Waals surface area contributed by atoms with Crippen LogP contribution in [-0.2, 0) is 13.6 Å². The molecule has 0 unspecified atom stereocenters. The summed E-state index contributed by atoms with van der Waals surface area (Å²) in [5.74, 6) is -0.0866. The highest BCUT2D eigenvalue weighted by Gasteiger charge is 2.21. The van der Waals surface area contributed by atoms with Gasteiger partial charge in [0.1, 0.15) is 4.83 Å². The molecule has 0 aliphatic carbocycles. The van der Waals surface area contributed by atoms with E-state index in [1.165, 1.54) is 27.1 Å². The fourth-order valence-corrected chi connectivity index (χ4v) is 4.21. The topological polar surface area (TPSA) is 55.2 Å². The van der Waals surface area contributed by atoms with Crippen molar-refractivity contribution >= 4 is 39.2 Å². The van der Waals surface area contributed by atoms with Gasteiger partial charge in [0.15, 0.2) is 0 Å². The molecule has 0 atom stereocenters. The van der Waals surface area contributed by atoms with Crippen LogP contribution < -0.4 is 5.56 Å². The maximum atomic E-state index is 12.9. The first-order valence-electron chi connectivity index (χ1n) is 7.75. The quantitative estimate of drug-likeness (QED) is 0.659. The van der Waals surface area contributed by atoms with Crippen molar-refractivity contribution in [1.29, 1.82) is 0 Å². The Morgan fingerprint density at radius 3 is 2.64 bits per heavy atom. The van der Waals surface area contributed by atoms with Gasteiger partial charge in [0.25, 0.3) is 11.5 Å². The molecule has 0 aliphatic rings. The van der Waals surface area contributed by atoms with E-state index in [4.69, 9.17) is 0 Å². The van der Waals surface area contributed by atoms with Gasteiger partial charge < -0.3 is 9.47 Å². The summed E-state index contributed by atoms with van der Waals surface area (Å²) in [4.78, 5) is 33.5. The van der Waals surface area contributed by atoms with Crippen LogP contribution in [-0.4, -0.2) is 33.7 Å². The van der Waals surface area contributed by atoms with E-state index in [1.54, 1.807) is 30.8 Å².